The third-order valence-electron chi connectivity index (χ3n) is 4.86. The van der Waals surface area contributed by atoms with Crippen molar-refractivity contribution < 1.29 is 0 Å². The minimum atomic E-state index is 0.758. The maximum atomic E-state index is 3.80. The van der Waals surface area contributed by atoms with E-state index in [1.165, 1.54) is 69.8 Å². The second-order valence-electron chi connectivity index (χ2n) is 6.38. The topological polar surface area (TPSA) is 12.0 Å². The van der Waals surface area contributed by atoms with E-state index in [4.69, 9.17) is 0 Å². The molecule has 1 fully saturated rings. The molecule has 0 bridgehead atoms. The van der Waals surface area contributed by atoms with E-state index in [1.807, 2.05) is 0 Å². The molecule has 0 atom stereocenters. The van der Waals surface area contributed by atoms with Gasteiger partial charge in [0.1, 0.15) is 0 Å². The smallest absolute Gasteiger partial charge is 0.0208 e. The monoisotopic (exact) mass is 257 g/mol. The zero-order chi connectivity index (χ0) is 12.9. The van der Waals surface area contributed by atoms with Gasteiger partial charge in [-0.3, -0.25) is 0 Å². The predicted molar refractivity (Wildman–Crippen MR) is 81.4 cm³/mol. The fourth-order valence-electron chi connectivity index (χ4n) is 3.66. The zero-order valence-electron chi connectivity index (χ0n) is 12.1. The van der Waals surface area contributed by atoms with E-state index in [0.29, 0.717) is 0 Å². The second-order valence-corrected chi connectivity index (χ2v) is 6.38. The molecule has 0 unspecified atom stereocenters. The molecule has 1 nitrogen and oxygen atoms in total. The van der Waals surface area contributed by atoms with Crippen molar-refractivity contribution in [2.75, 3.05) is 0 Å². The normalized spacial score (nSPS) is 20.8. The van der Waals surface area contributed by atoms with Crippen LogP contribution in [0.3, 0.4) is 0 Å². The zero-order valence-corrected chi connectivity index (χ0v) is 12.1. The van der Waals surface area contributed by atoms with Gasteiger partial charge in [0.25, 0.3) is 0 Å². The summed E-state index contributed by atoms with van der Waals surface area (Å²) in [6.07, 6.45) is 13.9. The van der Waals surface area contributed by atoms with E-state index in [2.05, 4.69) is 23.5 Å². The molecule has 0 amide bonds. The maximum absolute atomic E-state index is 3.80. The molecule has 0 aromatic heterocycles. The molecule has 1 saturated carbocycles. The van der Waals surface area contributed by atoms with Crippen molar-refractivity contribution in [3.8, 4) is 0 Å². The molecule has 1 aromatic rings. The van der Waals surface area contributed by atoms with E-state index in [9.17, 15) is 0 Å². The second kappa shape index (κ2) is 6.56. The Balaban J connectivity index is 1.53. The van der Waals surface area contributed by atoms with Gasteiger partial charge in [-0.2, -0.15) is 0 Å². The highest BCUT2D eigenvalue weighted by molar-refractivity contribution is 5.35. The highest BCUT2D eigenvalue weighted by atomic mass is 14.9. The van der Waals surface area contributed by atoms with Gasteiger partial charge in [-0.1, -0.05) is 50.3 Å². The van der Waals surface area contributed by atoms with Crippen LogP contribution in [0.2, 0.25) is 0 Å². The Hall–Kier alpha value is -0.820. The van der Waals surface area contributed by atoms with E-state index < -0.39 is 0 Å². The van der Waals surface area contributed by atoms with Crippen molar-refractivity contribution in [1.29, 1.82) is 0 Å². The summed E-state index contributed by atoms with van der Waals surface area (Å²) in [5.41, 5.74) is 4.69. The molecular weight excluding hydrogens is 230 g/mol. The summed E-state index contributed by atoms with van der Waals surface area (Å²) in [6, 6.07) is 7.89. The lowest BCUT2D eigenvalue weighted by Gasteiger charge is -2.21. The molecule has 3 rings (SSSR count). The Labute approximate surface area is 117 Å². The van der Waals surface area contributed by atoms with Crippen molar-refractivity contribution in [2.45, 2.75) is 76.8 Å². The van der Waals surface area contributed by atoms with Crippen molar-refractivity contribution >= 4 is 0 Å². The number of fused-ring (bicyclic) bond motifs is 1. The molecule has 1 heteroatoms. The number of benzene rings is 1. The van der Waals surface area contributed by atoms with Gasteiger partial charge in [-0.05, 0) is 48.8 Å². The van der Waals surface area contributed by atoms with E-state index >= 15 is 0 Å². The maximum Gasteiger partial charge on any atom is 0.0208 e. The van der Waals surface area contributed by atoms with Crippen LogP contribution in [-0.2, 0) is 19.4 Å². The lowest BCUT2D eigenvalue weighted by molar-refractivity contribution is 0.389. The fourth-order valence-corrected chi connectivity index (χ4v) is 3.66. The molecule has 0 radical (unpaired) electrons. The number of hydrogen-bond donors (Lipinski definition) is 1. The van der Waals surface area contributed by atoms with Crippen LogP contribution in [0.15, 0.2) is 18.2 Å². The van der Waals surface area contributed by atoms with Crippen molar-refractivity contribution in [3.05, 3.63) is 34.9 Å². The molecule has 19 heavy (non-hydrogen) atoms. The summed E-state index contributed by atoms with van der Waals surface area (Å²) < 4.78 is 0. The Kier molecular flexibility index (Phi) is 4.55. The summed E-state index contributed by atoms with van der Waals surface area (Å²) in [6.45, 7) is 1.07. The van der Waals surface area contributed by atoms with Gasteiger partial charge >= 0.3 is 0 Å². The highest BCUT2D eigenvalue weighted by Gasteiger charge is 2.13. The molecule has 0 heterocycles. The predicted octanol–water partition coefficient (Wildman–Crippen LogP) is 4.38. The SMILES string of the molecule is c1cc2c(cc1CNC1CCCCCCC1)CCC2. The Morgan fingerprint density at radius 2 is 1.58 bits per heavy atom. The Bertz CT molecular complexity index is 402. The summed E-state index contributed by atoms with van der Waals surface area (Å²) >= 11 is 0. The Morgan fingerprint density at radius 3 is 2.42 bits per heavy atom. The largest absolute Gasteiger partial charge is 0.310 e. The van der Waals surface area contributed by atoms with E-state index in [0.717, 1.165) is 12.6 Å². The van der Waals surface area contributed by atoms with Gasteiger partial charge < -0.3 is 5.32 Å². The third kappa shape index (κ3) is 3.60. The number of nitrogens with one attached hydrogen (secondary N) is 1. The summed E-state index contributed by atoms with van der Waals surface area (Å²) in [4.78, 5) is 0. The molecule has 1 N–H and O–H groups in total. The lowest BCUT2D eigenvalue weighted by atomic mass is 9.96. The van der Waals surface area contributed by atoms with Crippen molar-refractivity contribution in [2.24, 2.45) is 0 Å². The molecular formula is C18H27N. The first-order chi connectivity index (χ1) is 9.42. The standard InChI is InChI=1S/C18H27N/c1-2-4-9-18(10-5-3-1)19-14-15-11-12-16-7-6-8-17(16)13-15/h11-13,18-19H,1-10,14H2. The van der Waals surface area contributed by atoms with E-state index in [-0.39, 0.29) is 0 Å². The minimum absolute atomic E-state index is 0.758. The van der Waals surface area contributed by atoms with Crippen LogP contribution in [0.25, 0.3) is 0 Å². The first kappa shape index (κ1) is 13.2. The van der Waals surface area contributed by atoms with Crippen LogP contribution in [0, 0.1) is 0 Å². The Morgan fingerprint density at radius 1 is 0.842 bits per heavy atom. The molecule has 2 aliphatic carbocycles. The molecule has 104 valence electrons. The van der Waals surface area contributed by atoms with Crippen LogP contribution in [0.4, 0.5) is 0 Å². The van der Waals surface area contributed by atoms with Crippen LogP contribution in [0.5, 0.6) is 0 Å². The highest BCUT2D eigenvalue weighted by Crippen LogP contribution is 2.23. The number of aryl methyl sites for hydroxylation is 2. The molecule has 2 aliphatic rings. The summed E-state index contributed by atoms with van der Waals surface area (Å²) in [5.74, 6) is 0. The quantitative estimate of drug-likeness (QED) is 0.847. The minimum Gasteiger partial charge on any atom is -0.310 e. The average molecular weight is 257 g/mol. The van der Waals surface area contributed by atoms with Gasteiger partial charge in [-0.25, -0.2) is 0 Å². The fraction of sp³-hybridized carbons (Fsp3) is 0.667. The van der Waals surface area contributed by atoms with Gasteiger partial charge in [0.2, 0.25) is 0 Å². The summed E-state index contributed by atoms with van der Waals surface area (Å²) in [5, 5.41) is 3.80. The van der Waals surface area contributed by atoms with Crippen LogP contribution in [-0.4, -0.2) is 6.04 Å². The first-order valence-corrected chi connectivity index (χ1v) is 8.26. The average Bonchev–Trinajstić information content (AvgIpc) is 2.84. The number of hydrogen-bond acceptors (Lipinski definition) is 1. The van der Waals surface area contributed by atoms with E-state index in [1.54, 1.807) is 11.1 Å². The molecule has 0 spiro atoms. The van der Waals surface area contributed by atoms with Gasteiger partial charge in [-0.15, -0.1) is 0 Å². The van der Waals surface area contributed by atoms with Crippen molar-refractivity contribution in [3.63, 3.8) is 0 Å². The van der Waals surface area contributed by atoms with Crippen LogP contribution < -0.4 is 5.32 Å². The number of rotatable bonds is 3. The molecule has 1 aromatic carbocycles. The third-order valence-corrected chi connectivity index (χ3v) is 4.86. The first-order valence-electron chi connectivity index (χ1n) is 8.26. The van der Waals surface area contributed by atoms with Crippen molar-refractivity contribution in [1.82, 2.24) is 5.32 Å². The molecule has 0 aliphatic heterocycles. The van der Waals surface area contributed by atoms with Gasteiger partial charge in [0.05, 0.1) is 0 Å². The van der Waals surface area contributed by atoms with Gasteiger partial charge in [0.15, 0.2) is 0 Å². The molecule has 0 saturated heterocycles. The summed E-state index contributed by atoms with van der Waals surface area (Å²) in [7, 11) is 0. The van der Waals surface area contributed by atoms with Crippen LogP contribution >= 0.6 is 0 Å². The van der Waals surface area contributed by atoms with Crippen LogP contribution in [0.1, 0.15) is 68.1 Å². The van der Waals surface area contributed by atoms with Gasteiger partial charge in [0, 0.05) is 12.6 Å². The lowest BCUT2D eigenvalue weighted by Crippen LogP contribution is -2.29.